The third-order valence-electron chi connectivity index (χ3n) is 3.17. The van der Waals surface area contributed by atoms with Crippen molar-refractivity contribution >= 4 is 29.1 Å². The summed E-state index contributed by atoms with van der Waals surface area (Å²) in [5, 5.41) is 2.98. The molecule has 1 aromatic carbocycles. The van der Waals surface area contributed by atoms with Crippen LogP contribution >= 0.6 is 11.6 Å². The lowest BCUT2D eigenvalue weighted by Crippen LogP contribution is -2.30. The van der Waals surface area contributed by atoms with Gasteiger partial charge >= 0.3 is 0 Å². The lowest BCUT2D eigenvalue weighted by Gasteiger charge is -2.14. The molecular formula is C13H16ClN3O3. The number of rotatable bonds is 4. The van der Waals surface area contributed by atoms with Crippen molar-refractivity contribution in [3.63, 3.8) is 0 Å². The Hall–Kier alpha value is -1.63. The van der Waals surface area contributed by atoms with E-state index in [1.54, 1.807) is 0 Å². The molecule has 20 heavy (non-hydrogen) atoms. The van der Waals surface area contributed by atoms with Crippen LogP contribution in [-0.4, -0.2) is 30.6 Å². The van der Waals surface area contributed by atoms with E-state index in [9.17, 15) is 9.59 Å². The van der Waals surface area contributed by atoms with Crippen LogP contribution in [0.15, 0.2) is 18.2 Å². The molecule has 1 saturated heterocycles. The Kier molecular flexibility index (Phi) is 4.59. The topological polar surface area (TPSA) is 107 Å². The SMILES string of the molecule is NCC1CCC(C(=O)Nc2cc(C(N)=O)ccc2Cl)O1. The molecule has 7 heteroatoms. The molecule has 1 aliphatic rings. The molecule has 1 heterocycles. The quantitative estimate of drug-likeness (QED) is 0.767. The number of nitrogens with one attached hydrogen (secondary N) is 1. The van der Waals surface area contributed by atoms with E-state index in [2.05, 4.69) is 5.32 Å². The van der Waals surface area contributed by atoms with Crippen LogP contribution in [0.25, 0.3) is 0 Å². The Labute approximate surface area is 121 Å². The van der Waals surface area contributed by atoms with Crippen LogP contribution in [0.1, 0.15) is 23.2 Å². The molecule has 1 aromatic rings. The molecule has 0 saturated carbocycles. The number of halogens is 1. The molecule has 2 rings (SSSR count). The normalized spacial score (nSPS) is 21.7. The van der Waals surface area contributed by atoms with E-state index in [0.29, 0.717) is 23.7 Å². The number of hydrogen-bond acceptors (Lipinski definition) is 4. The third kappa shape index (κ3) is 3.27. The smallest absolute Gasteiger partial charge is 0.253 e. The van der Waals surface area contributed by atoms with E-state index in [4.69, 9.17) is 27.8 Å². The number of hydrogen-bond donors (Lipinski definition) is 3. The molecule has 6 nitrogen and oxygen atoms in total. The van der Waals surface area contributed by atoms with Gasteiger partial charge in [-0.2, -0.15) is 0 Å². The highest BCUT2D eigenvalue weighted by Crippen LogP contribution is 2.25. The van der Waals surface area contributed by atoms with Crippen LogP contribution in [0, 0.1) is 0 Å². The van der Waals surface area contributed by atoms with E-state index in [-0.39, 0.29) is 17.6 Å². The van der Waals surface area contributed by atoms with Gasteiger partial charge in [-0.25, -0.2) is 0 Å². The zero-order chi connectivity index (χ0) is 14.7. The van der Waals surface area contributed by atoms with Crippen LogP contribution in [0.2, 0.25) is 5.02 Å². The standard InChI is InChI=1S/C13H16ClN3O3/c14-9-3-1-7(12(16)18)5-10(9)17-13(19)11-4-2-8(6-15)20-11/h1,3,5,8,11H,2,4,6,15H2,(H2,16,18)(H,17,19). The molecular weight excluding hydrogens is 282 g/mol. The zero-order valence-corrected chi connectivity index (χ0v) is 11.5. The maximum Gasteiger partial charge on any atom is 0.253 e. The molecule has 1 fully saturated rings. The highest BCUT2D eigenvalue weighted by Gasteiger charge is 2.30. The van der Waals surface area contributed by atoms with Crippen molar-refractivity contribution in [1.29, 1.82) is 0 Å². The van der Waals surface area contributed by atoms with Crippen LogP contribution in [0.5, 0.6) is 0 Å². The molecule has 0 aliphatic carbocycles. The summed E-state index contributed by atoms with van der Waals surface area (Å²) in [6.45, 7) is 0.391. The molecule has 0 aromatic heterocycles. The second-order valence-electron chi connectivity index (χ2n) is 4.61. The highest BCUT2D eigenvalue weighted by atomic mass is 35.5. The van der Waals surface area contributed by atoms with Gasteiger partial charge in [0.1, 0.15) is 6.10 Å². The van der Waals surface area contributed by atoms with Gasteiger partial charge in [0.05, 0.1) is 16.8 Å². The van der Waals surface area contributed by atoms with Gasteiger partial charge in [-0.1, -0.05) is 11.6 Å². The van der Waals surface area contributed by atoms with Crippen molar-refractivity contribution in [3.05, 3.63) is 28.8 Å². The van der Waals surface area contributed by atoms with Crippen LogP contribution in [-0.2, 0) is 9.53 Å². The second kappa shape index (κ2) is 6.21. The molecule has 2 atom stereocenters. The fourth-order valence-corrected chi connectivity index (χ4v) is 2.22. The molecule has 1 aliphatic heterocycles. The fraction of sp³-hybridized carbons (Fsp3) is 0.385. The molecule has 2 amide bonds. The maximum atomic E-state index is 12.1. The summed E-state index contributed by atoms with van der Waals surface area (Å²) in [5.41, 5.74) is 11.3. The van der Waals surface area contributed by atoms with Crippen molar-refractivity contribution in [2.75, 3.05) is 11.9 Å². The van der Waals surface area contributed by atoms with Crippen molar-refractivity contribution in [3.8, 4) is 0 Å². The van der Waals surface area contributed by atoms with E-state index < -0.39 is 12.0 Å². The molecule has 0 spiro atoms. The summed E-state index contributed by atoms with van der Waals surface area (Å²) in [5.74, 6) is -0.887. The maximum absolute atomic E-state index is 12.1. The minimum Gasteiger partial charge on any atom is -0.366 e. The van der Waals surface area contributed by atoms with Crippen molar-refractivity contribution in [1.82, 2.24) is 0 Å². The molecule has 0 radical (unpaired) electrons. The number of amides is 2. The molecule has 108 valence electrons. The number of primary amides is 1. The zero-order valence-electron chi connectivity index (χ0n) is 10.8. The number of benzene rings is 1. The monoisotopic (exact) mass is 297 g/mol. The van der Waals surface area contributed by atoms with Gasteiger partial charge in [-0.15, -0.1) is 0 Å². The van der Waals surface area contributed by atoms with Gasteiger partial charge in [0.15, 0.2) is 0 Å². The Balaban J connectivity index is 2.08. The first-order valence-corrected chi connectivity index (χ1v) is 6.64. The third-order valence-corrected chi connectivity index (χ3v) is 3.50. The lowest BCUT2D eigenvalue weighted by atomic mass is 10.1. The highest BCUT2D eigenvalue weighted by molar-refractivity contribution is 6.34. The average Bonchev–Trinajstić information content (AvgIpc) is 2.89. The number of ether oxygens (including phenoxy) is 1. The number of nitrogens with two attached hydrogens (primary N) is 2. The number of carbonyl (C=O) groups is 2. The van der Waals surface area contributed by atoms with Gasteiger partial charge in [0.25, 0.3) is 5.91 Å². The number of carbonyl (C=O) groups excluding carboxylic acids is 2. The first-order valence-electron chi connectivity index (χ1n) is 6.27. The van der Waals surface area contributed by atoms with E-state index >= 15 is 0 Å². The van der Waals surface area contributed by atoms with E-state index in [1.165, 1.54) is 18.2 Å². The minimum atomic E-state index is -0.586. The van der Waals surface area contributed by atoms with Crippen molar-refractivity contribution in [2.24, 2.45) is 11.5 Å². The minimum absolute atomic E-state index is 0.0850. The summed E-state index contributed by atoms with van der Waals surface area (Å²) in [4.78, 5) is 23.2. The predicted octanol–water partition coefficient (Wildman–Crippen LogP) is 0.884. The summed E-state index contributed by atoms with van der Waals surface area (Å²) in [6.07, 6.45) is 0.736. The number of anilines is 1. The molecule has 2 unspecified atom stereocenters. The Morgan fingerprint density at radius 2 is 2.15 bits per heavy atom. The van der Waals surface area contributed by atoms with Crippen LogP contribution in [0.4, 0.5) is 5.69 Å². The van der Waals surface area contributed by atoms with Gasteiger partial charge in [-0.05, 0) is 31.0 Å². The Morgan fingerprint density at radius 1 is 1.40 bits per heavy atom. The predicted molar refractivity (Wildman–Crippen MR) is 75.5 cm³/mol. The fourth-order valence-electron chi connectivity index (χ4n) is 2.06. The first-order chi connectivity index (χ1) is 9.51. The van der Waals surface area contributed by atoms with Gasteiger partial charge < -0.3 is 21.5 Å². The largest absolute Gasteiger partial charge is 0.366 e. The first kappa shape index (κ1) is 14.8. The van der Waals surface area contributed by atoms with E-state index in [0.717, 1.165) is 6.42 Å². The summed E-state index contributed by atoms with van der Waals surface area (Å²) in [7, 11) is 0. The summed E-state index contributed by atoms with van der Waals surface area (Å²) in [6, 6.07) is 4.45. The van der Waals surface area contributed by atoms with Gasteiger partial charge in [-0.3, -0.25) is 9.59 Å². The molecule has 5 N–H and O–H groups in total. The van der Waals surface area contributed by atoms with E-state index in [1.807, 2.05) is 0 Å². The summed E-state index contributed by atoms with van der Waals surface area (Å²) >= 11 is 5.98. The van der Waals surface area contributed by atoms with Crippen LogP contribution in [0.3, 0.4) is 0 Å². The van der Waals surface area contributed by atoms with Crippen molar-refractivity contribution < 1.29 is 14.3 Å². The Bertz CT molecular complexity index is 536. The molecule has 0 bridgehead atoms. The second-order valence-corrected chi connectivity index (χ2v) is 5.02. The van der Waals surface area contributed by atoms with Gasteiger partial charge in [0, 0.05) is 12.1 Å². The van der Waals surface area contributed by atoms with Crippen LogP contribution < -0.4 is 16.8 Å². The van der Waals surface area contributed by atoms with Gasteiger partial charge in [0.2, 0.25) is 5.91 Å². The summed E-state index contributed by atoms with van der Waals surface area (Å²) < 4.78 is 5.49. The average molecular weight is 298 g/mol. The lowest BCUT2D eigenvalue weighted by molar-refractivity contribution is -0.126. The van der Waals surface area contributed by atoms with Crippen molar-refractivity contribution in [2.45, 2.75) is 25.0 Å². The Morgan fingerprint density at radius 3 is 2.75 bits per heavy atom.